The lowest BCUT2D eigenvalue weighted by atomic mass is 9.93. The number of anilines is 1. The fourth-order valence-corrected chi connectivity index (χ4v) is 4.62. The molecule has 1 heterocycles. The monoisotopic (exact) mass is 539 g/mol. The summed E-state index contributed by atoms with van der Waals surface area (Å²) in [6.45, 7) is 3.05. The highest BCUT2D eigenvalue weighted by atomic mass is 19.4. The van der Waals surface area contributed by atoms with Gasteiger partial charge in [-0.2, -0.15) is 26.3 Å². The first-order chi connectivity index (χ1) is 17.8. The fraction of sp³-hybridized carbons (Fsp3) is 0.333. The molecule has 202 valence electrons. The van der Waals surface area contributed by atoms with Gasteiger partial charge in [-0.25, -0.2) is 4.79 Å². The van der Waals surface area contributed by atoms with Gasteiger partial charge in [0.15, 0.2) is 6.23 Å². The molecule has 38 heavy (non-hydrogen) atoms. The van der Waals surface area contributed by atoms with Crippen LogP contribution in [0.25, 0.3) is 0 Å². The SMILES string of the molecule is CCOC(=O)/C(=C/OC1C=C(C)C(=O)N1c1cc(C(F)(F)F)cc(C(F)(F)F)c1)C1CCc2ccccc21. The molecule has 2 aliphatic rings. The van der Waals surface area contributed by atoms with Gasteiger partial charge in [0.1, 0.15) is 0 Å². The van der Waals surface area contributed by atoms with Crippen molar-refractivity contribution >= 4 is 17.6 Å². The number of carbonyl (C=O) groups is 2. The molecule has 2 atom stereocenters. The summed E-state index contributed by atoms with van der Waals surface area (Å²) < 4.78 is 91.5. The summed E-state index contributed by atoms with van der Waals surface area (Å²) in [4.78, 5) is 26.4. The molecule has 0 saturated heterocycles. The molecule has 2 aromatic rings. The maximum atomic E-state index is 13.4. The Morgan fingerprint density at radius 1 is 1.05 bits per heavy atom. The number of aryl methyl sites for hydroxylation is 1. The number of fused-ring (bicyclic) bond motifs is 1. The number of hydrogen-bond donors (Lipinski definition) is 0. The van der Waals surface area contributed by atoms with Crippen molar-refractivity contribution in [3.8, 4) is 0 Å². The van der Waals surface area contributed by atoms with Gasteiger partial charge in [0.25, 0.3) is 5.91 Å². The Hall–Kier alpha value is -3.76. The van der Waals surface area contributed by atoms with Gasteiger partial charge in [-0.05, 0) is 62.1 Å². The molecular formula is C27H23F6NO4. The van der Waals surface area contributed by atoms with Crippen molar-refractivity contribution in [3.63, 3.8) is 0 Å². The number of halogens is 6. The number of rotatable bonds is 6. The number of nitrogens with zero attached hydrogens (tertiary/aromatic N) is 1. The van der Waals surface area contributed by atoms with Gasteiger partial charge in [0, 0.05) is 17.2 Å². The molecule has 0 saturated carbocycles. The number of esters is 1. The molecule has 1 aliphatic carbocycles. The van der Waals surface area contributed by atoms with Gasteiger partial charge < -0.3 is 9.47 Å². The van der Waals surface area contributed by atoms with E-state index in [1.807, 2.05) is 24.3 Å². The molecule has 2 unspecified atom stereocenters. The standard InChI is InChI=1S/C27H23F6NO4/c1-3-37-25(36)22(21-9-8-16-6-4-5-7-20(16)21)14-38-23-10-15(2)24(35)34(23)19-12-17(26(28,29)30)11-18(13-19)27(31,32)33/h4-7,10-14,21,23H,3,8-9H2,1-2H3/b22-14+. The second kappa shape index (κ2) is 10.2. The lowest BCUT2D eigenvalue weighted by molar-refractivity contribution is -0.143. The summed E-state index contributed by atoms with van der Waals surface area (Å²) in [5, 5.41) is 0. The highest BCUT2D eigenvalue weighted by Crippen LogP contribution is 2.41. The van der Waals surface area contributed by atoms with Crippen LogP contribution in [0.15, 0.2) is 65.9 Å². The van der Waals surface area contributed by atoms with E-state index in [9.17, 15) is 35.9 Å². The lowest BCUT2D eigenvalue weighted by Gasteiger charge is -2.26. The highest BCUT2D eigenvalue weighted by molar-refractivity contribution is 6.08. The van der Waals surface area contributed by atoms with E-state index in [-0.39, 0.29) is 23.8 Å². The Morgan fingerprint density at radius 2 is 1.68 bits per heavy atom. The first-order valence-corrected chi connectivity index (χ1v) is 11.7. The molecule has 1 aliphatic heterocycles. The second-order valence-corrected chi connectivity index (χ2v) is 8.90. The topological polar surface area (TPSA) is 55.8 Å². The molecule has 0 N–H and O–H groups in total. The second-order valence-electron chi connectivity index (χ2n) is 8.90. The van der Waals surface area contributed by atoms with Crippen LogP contribution >= 0.6 is 0 Å². The van der Waals surface area contributed by atoms with Crippen LogP contribution in [-0.4, -0.2) is 24.7 Å². The van der Waals surface area contributed by atoms with E-state index in [2.05, 4.69) is 0 Å². The smallest absolute Gasteiger partial charge is 0.416 e. The molecule has 4 rings (SSSR count). The van der Waals surface area contributed by atoms with Crippen LogP contribution in [0.2, 0.25) is 0 Å². The van der Waals surface area contributed by atoms with Crippen molar-refractivity contribution in [1.29, 1.82) is 0 Å². The summed E-state index contributed by atoms with van der Waals surface area (Å²) in [6.07, 6.45) is -7.98. The molecule has 0 aromatic heterocycles. The largest absolute Gasteiger partial charge is 0.473 e. The first-order valence-electron chi connectivity index (χ1n) is 11.7. The van der Waals surface area contributed by atoms with Gasteiger partial charge in [0.2, 0.25) is 0 Å². The quantitative estimate of drug-likeness (QED) is 0.181. The van der Waals surface area contributed by atoms with Crippen molar-refractivity contribution in [1.82, 2.24) is 0 Å². The average Bonchev–Trinajstić information content (AvgIpc) is 3.39. The van der Waals surface area contributed by atoms with Gasteiger partial charge in [-0.3, -0.25) is 9.69 Å². The summed E-state index contributed by atoms with van der Waals surface area (Å²) in [7, 11) is 0. The Bertz CT molecular complexity index is 1280. The van der Waals surface area contributed by atoms with Crippen molar-refractivity contribution in [3.05, 3.63) is 88.2 Å². The first kappa shape index (κ1) is 27.3. The van der Waals surface area contributed by atoms with E-state index in [0.717, 1.165) is 17.4 Å². The van der Waals surface area contributed by atoms with Gasteiger partial charge in [0.05, 0.1) is 29.6 Å². The minimum Gasteiger partial charge on any atom is -0.473 e. The number of benzene rings is 2. The van der Waals surface area contributed by atoms with Crippen LogP contribution in [0.3, 0.4) is 0 Å². The average molecular weight is 539 g/mol. The van der Waals surface area contributed by atoms with Crippen molar-refractivity contribution < 1.29 is 45.4 Å². The van der Waals surface area contributed by atoms with E-state index >= 15 is 0 Å². The minimum atomic E-state index is -5.09. The molecule has 1 amide bonds. The third-order valence-corrected chi connectivity index (χ3v) is 6.41. The molecule has 0 fully saturated rings. The van der Waals surface area contributed by atoms with Crippen LogP contribution < -0.4 is 4.90 Å². The zero-order valence-electron chi connectivity index (χ0n) is 20.3. The number of carbonyl (C=O) groups excluding carboxylic acids is 2. The maximum absolute atomic E-state index is 13.4. The highest BCUT2D eigenvalue weighted by Gasteiger charge is 2.40. The van der Waals surface area contributed by atoms with E-state index in [0.29, 0.717) is 29.9 Å². The van der Waals surface area contributed by atoms with Crippen LogP contribution in [0.1, 0.15) is 48.4 Å². The summed E-state index contributed by atoms with van der Waals surface area (Å²) >= 11 is 0. The van der Waals surface area contributed by atoms with E-state index < -0.39 is 53.2 Å². The van der Waals surface area contributed by atoms with Crippen molar-refractivity contribution in [2.45, 2.75) is 51.2 Å². The van der Waals surface area contributed by atoms with Gasteiger partial charge in [-0.1, -0.05) is 24.3 Å². The fourth-order valence-electron chi connectivity index (χ4n) is 4.62. The Kier molecular flexibility index (Phi) is 7.31. The molecule has 2 aromatic carbocycles. The number of amides is 1. The molecule has 5 nitrogen and oxygen atoms in total. The predicted octanol–water partition coefficient (Wildman–Crippen LogP) is 6.54. The normalized spacial score (nSPS) is 19.9. The number of alkyl halides is 6. The van der Waals surface area contributed by atoms with Gasteiger partial charge >= 0.3 is 18.3 Å². The van der Waals surface area contributed by atoms with Crippen LogP contribution in [0, 0.1) is 0 Å². The summed E-state index contributed by atoms with van der Waals surface area (Å²) in [6, 6.07) is 8.36. The molecule has 0 spiro atoms. The molecular weight excluding hydrogens is 516 g/mol. The third-order valence-electron chi connectivity index (χ3n) is 6.41. The van der Waals surface area contributed by atoms with Crippen LogP contribution in [-0.2, 0) is 37.8 Å². The molecule has 0 radical (unpaired) electrons. The number of hydrogen-bond acceptors (Lipinski definition) is 4. The van der Waals surface area contributed by atoms with Crippen molar-refractivity contribution in [2.24, 2.45) is 0 Å². The van der Waals surface area contributed by atoms with Crippen molar-refractivity contribution in [2.75, 3.05) is 11.5 Å². The lowest BCUT2D eigenvalue weighted by Crippen LogP contribution is -2.36. The summed E-state index contributed by atoms with van der Waals surface area (Å²) in [5.41, 5.74) is -1.68. The van der Waals surface area contributed by atoms with Crippen LogP contribution in [0.4, 0.5) is 32.0 Å². The van der Waals surface area contributed by atoms with E-state index in [1.165, 1.54) is 13.0 Å². The van der Waals surface area contributed by atoms with E-state index in [4.69, 9.17) is 9.47 Å². The van der Waals surface area contributed by atoms with Crippen LogP contribution in [0.5, 0.6) is 0 Å². The molecule has 0 bridgehead atoms. The van der Waals surface area contributed by atoms with E-state index in [1.54, 1.807) is 6.92 Å². The Balaban J connectivity index is 1.73. The Labute approximate surface area is 214 Å². The minimum absolute atomic E-state index is 0.0174. The summed E-state index contributed by atoms with van der Waals surface area (Å²) in [5.74, 6) is -1.91. The zero-order chi connectivity index (χ0) is 27.8. The maximum Gasteiger partial charge on any atom is 0.416 e. The molecule has 11 heteroatoms. The number of ether oxygens (including phenoxy) is 2. The van der Waals surface area contributed by atoms with Gasteiger partial charge in [-0.15, -0.1) is 0 Å². The zero-order valence-corrected chi connectivity index (χ0v) is 20.3. The predicted molar refractivity (Wildman–Crippen MR) is 125 cm³/mol. The third kappa shape index (κ3) is 5.41. The Morgan fingerprint density at radius 3 is 2.29 bits per heavy atom.